The highest BCUT2D eigenvalue weighted by Crippen LogP contribution is 2.22. The van der Waals surface area contributed by atoms with Crippen molar-refractivity contribution in [1.82, 2.24) is 10.2 Å². The number of amides is 2. The van der Waals surface area contributed by atoms with E-state index in [4.69, 9.17) is 11.6 Å². The van der Waals surface area contributed by atoms with Crippen LogP contribution in [0.15, 0.2) is 18.2 Å². The molecule has 0 aliphatic carbocycles. The monoisotopic (exact) mass is 337 g/mol. The number of hydrogen-bond donors (Lipinski definition) is 2. The SMILES string of the molecule is Cc1c(Cl)cccc1NC(=O)CNC(=O)CN1CCCCC1C. The van der Waals surface area contributed by atoms with Gasteiger partial charge in [-0.05, 0) is 50.9 Å². The number of hydrogen-bond acceptors (Lipinski definition) is 3. The molecule has 1 aliphatic rings. The minimum atomic E-state index is -0.254. The lowest BCUT2D eigenvalue weighted by atomic mass is 10.0. The predicted molar refractivity (Wildman–Crippen MR) is 92.7 cm³/mol. The van der Waals surface area contributed by atoms with Crippen molar-refractivity contribution < 1.29 is 9.59 Å². The van der Waals surface area contributed by atoms with Crippen molar-refractivity contribution in [2.24, 2.45) is 0 Å². The Bertz CT molecular complexity index is 577. The lowest BCUT2D eigenvalue weighted by Crippen LogP contribution is -2.45. The van der Waals surface area contributed by atoms with Crippen LogP contribution in [-0.2, 0) is 9.59 Å². The molecule has 1 aromatic carbocycles. The molecule has 1 unspecified atom stereocenters. The molecule has 0 bridgehead atoms. The molecule has 1 aromatic rings. The topological polar surface area (TPSA) is 61.4 Å². The second-order valence-corrected chi connectivity index (χ2v) is 6.46. The second kappa shape index (κ2) is 8.31. The van der Waals surface area contributed by atoms with E-state index in [9.17, 15) is 9.59 Å². The van der Waals surface area contributed by atoms with E-state index in [0.29, 0.717) is 23.3 Å². The summed E-state index contributed by atoms with van der Waals surface area (Å²) in [7, 11) is 0. The average molecular weight is 338 g/mol. The van der Waals surface area contributed by atoms with Crippen LogP contribution in [-0.4, -0.2) is 42.4 Å². The second-order valence-electron chi connectivity index (χ2n) is 6.05. The van der Waals surface area contributed by atoms with Crippen molar-refractivity contribution in [3.63, 3.8) is 0 Å². The normalized spacial score (nSPS) is 18.5. The van der Waals surface area contributed by atoms with Crippen LogP contribution in [0.5, 0.6) is 0 Å². The molecule has 1 atom stereocenters. The molecular formula is C17H24ClN3O2. The van der Waals surface area contributed by atoms with Gasteiger partial charge in [-0.1, -0.05) is 24.1 Å². The number of rotatable bonds is 5. The first-order valence-electron chi connectivity index (χ1n) is 8.03. The summed E-state index contributed by atoms with van der Waals surface area (Å²) in [5, 5.41) is 6.05. The Morgan fingerprint density at radius 2 is 2.09 bits per heavy atom. The van der Waals surface area contributed by atoms with Gasteiger partial charge in [0.1, 0.15) is 0 Å². The average Bonchev–Trinajstić information content (AvgIpc) is 2.52. The minimum absolute atomic E-state index is 0.0347. The van der Waals surface area contributed by atoms with Gasteiger partial charge in [0.2, 0.25) is 11.8 Å². The number of piperidine rings is 1. The Hall–Kier alpha value is -1.59. The van der Waals surface area contributed by atoms with Crippen molar-refractivity contribution in [2.45, 2.75) is 39.2 Å². The number of benzene rings is 1. The third kappa shape index (κ3) is 5.22. The number of nitrogens with one attached hydrogen (secondary N) is 2. The third-order valence-electron chi connectivity index (χ3n) is 4.28. The van der Waals surface area contributed by atoms with Crippen molar-refractivity contribution in [3.05, 3.63) is 28.8 Å². The highest BCUT2D eigenvalue weighted by atomic mass is 35.5. The summed E-state index contributed by atoms with van der Waals surface area (Å²) in [6.07, 6.45) is 3.48. The number of halogens is 1. The van der Waals surface area contributed by atoms with Crippen molar-refractivity contribution in [2.75, 3.05) is 25.0 Å². The summed E-state index contributed by atoms with van der Waals surface area (Å²) in [6, 6.07) is 5.77. The van der Waals surface area contributed by atoms with Gasteiger partial charge in [0.15, 0.2) is 0 Å². The summed E-state index contributed by atoms with van der Waals surface area (Å²) in [6.45, 7) is 5.25. The predicted octanol–water partition coefficient (Wildman–Crippen LogP) is 2.58. The highest BCUT2D eigenvalue weighted by molar-refractivity contribution is 6.31. The van der Waals surface area contributed by atoms with E-state index < -0.39 is 0 Å². The summed E-state index contributed by atoms with van der Waals surface area (Å²) in [5.74, 6) is -0.368. The molecule has 1 saturated heterocycles. The maximum Gasteiger partial charge on any atom is 0.243 e. The fourth-order valence-corrected chi connectivity index (χ4v) is 2.92. The van der Waals surface area contributed by atoms with E-state index in [1.54, 1.807) is 18.2 Å². The van der Waals surface area contributed by atoms with Gasteiger partial charge in [0.25, 0.3) is 0 Å². The Morgan fingerprint density at radius 3 is 2.83 bits per heavy atom. The van der Waals surface area contributed by atoms with Crippen LogP contribution in [0.3, 0.4) is 0 Å². The minimum Gasteiger partial charge on any atom is -0.346 e. The van der Waals surface area contributed by atoms with Gasteiger partial charge in [0, 0.05) is 16.8 Å². The van der Waals surface area contributed by atoms with Gasteiger partial charge < -0.3 is 10.6 Å². The first kappa shape index (κ1) is 17.8. The molecule has 2 rings (SSSR count). The number of carbonyl (C=O) groups is 2. The summed E-state index contributed by atoms with van der Waals surface area (Å²) in [4.78, 5) is 26.1. The Labute approximate surface area is 142 Å². The van der Waals surface area contributed by atoms with Gasteiger partial charge in [-0.25, -0.2) is 0 Å². The molecule has 1 fully saturated rings. The van der Waals surface area contributed by atoms with Gasteiger partial charge in [0.05, 0.1) is 13.1 Å². The Balaban J connectivity index is 1.77. The largest absolute Gasteiger partial charge is 0.346 e. The van der Waals surface area contributed by atoms with Gasteiger partial charge >= 0.3 is 0 Å². The number of nitrogens with zero attached hydrogens (tertiary/aromatic N) is 1. The van der Waals surface area contributed by atoms with Gasteiger partial charge in [-0.2, -0.15) is 0 Å². The highest BCUT2D eigenvalue weighted by Gasteiger charge is 2.20. The summed E-state index contributed by atoms with van der Waals surface area (Å²) < 4.78 is 0. The van der Waals surface area contributed by atoms with E-state index in [2.05, 4.69) is 22.5 Å². The molecule has 6 heteroatoms. The van der Waals surface area contributed by atoms with E-state index in [-0.39, 0.29) is 18.4 Å². The lowest BCUT2D eigenvalue weighted by molar-refractivity contribution is -0.125. The molecule has 0 saturated carbocycles. The molecule has 0 radical (unpaired) electrons. The van der Waals surface area contributed by atoms with Crippen LogP contribution in [0.2, 0.25) is 5.02 Å². The summed E-state index contributed by atoms with van der Waals surface area (Å²) in [5.41, 5.74) is 1.48. The maximum atomic E-state index is 12.0. The molecular weight excluding hydrogens is 314 g/mol. The Kier molecular flexibility index (Phi) is 6.42. The molecule has 0 aromatic heterocycles. The number of carbonyl (C=O) groups excluding carboxylic acids is 2. The molecule has 5 nitrogen and oxygen atoms in total. The van der Waals surface area contributed by atoms with Crippen LogP contribution in [0.1, 0.15) is 31.7 Å². The van der Waals surface area contributed by atoms with Gasteiger partial charge in [-0.15, -0.1) is 0 Å². The molecule has 1 aliphatic heterocycles. The fourth-order valence-electron chi connectivity index (χ4n) is 2.75. The number of likely N-dealkylation sites (tertiary alicyclic amines) is 1. The third-order valence-corrected chi connectivity index (χ3v) is 4.68. The quantitative estimate of drug-likeness (QED) is 0.868. The molecule has 2 N–H and O–H groups in total. The lowest BCUT2D eigenvalue weighted by Gasteiger charge is -2.32. The smallest absolute Gasteiger partial charge is 0.243 e. The van der Waals surface area contributed by atoms with E-state index in [1.807, 2.05) is 6.92 Å². The first-order valence-corrected chi connectivity index (χ1v) is 8.41. The Morgan fingerprint density at radius 1 is 1.30 bits per heavy atom. The van der Waals surface area contributed by atoms with Crippen molar-refractivity contribution >= 4 is 29.1 Å². The fraction of sp³-hybridized carbons (Fsp3) is 0.529. The van der Waals surface area contributed by atoms with Crippen LogP contribution in [0.4, 0.5) is 5.69 Å². The zero-order chi connectivity index (χ0) is 16.8. The first-order chi connectivity index (χ1) is 11.0. The molecule has 1 heterocycles. The van der Waals surface area contributed by atoms with E-state index >= 15 is 0 Å². The van der Waals surface area contributed by atoms with Crippen molar-refractivity contribution in [3.8, 4) is 0 Å². The zero-order valence-electron chi connectivity index (χ0n) is 13.7. The zero-order valence-corrected chi connectivity index (χ0v) is 14.4. The maximum absolute atomic E-state index is 12.0. The number of anilines is 1. The van der Waals surface area contributed by atoms with E-state index in [0.717, 1.165) is 24.9 Å². The van der Waals surface area contributed by atoms with Crippen LogP contribution >= 0.6 is 11.6 Å². The molecule has 23 heavy (non-hydrogen) atoms. The van der Waals surface area contributed by atoms with Gasteiger partial charge in [-0.3, -0.25) is 14.5 Å². The standard InChI is InChI=1S/C17H24ClN3O2/c1-12-6-3-4-9-21(12)11-17(23)19-10-16(22)20-15-8-5-7-14(18)13(15)2/h5,7-8,12H,3-4,6,9-11H2,1-2H3,(H,19,23)(H,20,22). The van der Waals surface area contributed by atoms with Crippen LogP contribution in [0.25, 0.3) is 0 Å². The molecule has 126 valence electrons. The molecule has 2 amide bonds. The molecule has 0 spiro atoms. The van der Waals surface area contributed by atoms with Crippen molar-refractivity contribution in [1.29, 1.82) is 0 Å². The van der Waals surface area contributed by atoms with Crippen LogP contribution < -0.4 is 10.6 Å². The summed E-state index contributed by atoms with van der Waals surface area (Å²) >= 11 is 6.02. The van der Waals surface area contributed by atoms with E-state index in [1.165, 1.54) is 6.42 Å². The van der Waals surface area contributed by atoms with Crippen LogP contribution in [0, 0.1) is 6.92 Å².